The van der Waals surface area contributed by atoms with Crippen LogP contribution in [0.25, 0.3) is 0 Å². The van der Waals surface area contributed by atoms with Gasteiger partial charge in [-0.15, -0.1) is 24.9 Å². The Bertz CT molecular complexity index is 1460. The highest BCUT2D eigenvalue weighted by molar-refractivity contribution is 8.02. The Balaban J connectivity index is 1.56. The van der Waals surface area contributed by atoms with Crippen LogP contribution in [0.3, 0.4) is 0 Å². The first-order chi connectivity index (χ1) is 22.6. The maximum absolute atomic E-state index is 15.0. The third-order valence-corrected chi connectivity index (χ3v) is 12.5. The molecular weight excluding hydrogens is 609 g/mol. The van der Waals surface area contributed by atoms with Crippen molar-refractivity contribution in [1.29, 1.82) is 0 Å². The van der Waals surface area contributed by atoms with Gasteiger partial charge in [0.15, 0.2) is 0 Å². The average Bonchev–Trinajstić information content (AvgIpc) is 3.65. The van der Waals surface area contributed by atoms with Crippen molar-refractivity contribution in [1.82, 2.24) is 9.80 Å². The van der Waals surface area contributed by atoms with Crippen molar-refractivity contribution in [2.75, 3.05) is 42.6 Å². The molecule has 47 heavy (non-hydrogen) atoms. The molecule has 6 atom stereocenters. The monoisotopic (exact) mass is 658 g/mol. The predicted octanol–water partition coefficient (Wildman–Crippen LogP) is 5.52. The Morgan fingerprint density at radius 2 is 1.62 bits per heavy atom. The van der Waals surface area contributed by atoms with Crippen molar-refractivity contribution >= 4 is 40.9 Å². The normalized spacial score (nSPS) is 26.5. The van der Waals surface area contributed by atoms with Gasteiger partial charge in [0.25, 0.3) is 5.91 Å². The third kappa shape index (κ3) is 6.01. The lowest BCUT2D eigenvalue weighted by molar-refractivity contribution is -0.146. The van der Waals surface area contributed by atoms with Gasteiger partial charge in [0.2, 0.25) is 11.8 Å². The summed E-state index contributed by atoms with van der Waals surface area (Å²) >= 11 is 1.66. The van der Waals surface area contributed by atoms with Gasteiger partial charge < -0.3 is 24.7 Å². The maximum atomic E-state index is 15.0. The fraction of sp³-hybridized carbons (Fsp3) is 0.500. The van der Waals surface area contributed by atoms with E-state index in [4.69, 9.17) is 0 Å². The number of aliphatic hydroxyl groups excluding tert-OH is 1. The molecule has 8 nitrogen and oxygen atoms in total. The molecule has 0 radical (unpaired) electrons. The minimum Gasteiger partial charge on any atom is -0.394 e. The van der Waals surface area contributed by atoms with Crippen LogP contribution in [0, 0.1) is 11.8 Å². The van der Waals surface area contributed by atoms with E-state index in [1.54, 1.807) is 38.6 Å². The SMILES string of the molecule is C=CCN(Cc1ccccc1)C(=O)[C@H]1[C@H]2C(=O)N([C@@H](CC)CO)C(C(=O)N(CC=C)c3ccc(N(CC)CC)cc3)C23CC[C@]1(C)S3. The molecule has 3 aliphatic rings. The van der Waals surface area contributed by atoms with E-state index in [0.29, 0.717) is 25.9 Å². The van der Waals surface area contributed by atoms with Gasteiger partial charge in [-0.05, 0) is 69.9 Å². The van der Waals surface area contributed by atoms with Crippen LogP contribution in [0.4, 0.5) is 11.4 Å². The van der Waals surface area contributed by atoms with Gasteiger partial charge in [-0.1, -0.05) is 49.4 Å². The summed E-state index contributed by atoms with van der Waals surface area (Å²) in [5.41, 5.74) is 2.81. The first kappa shape index (κ1) is 34.8. The van der Waals surface area contributed by atoms with Gasteiger partial charge in [-0.25, -0.2) is 0 Å². The second-order valence-corrected chi connectivity index (χ2v) is 15.0. The van der Waals surface area contributed by atoms with Gasteiger partial charge in [-0.2, -0.15) is 0 Å². The first-order valence-corrected chi connectivity index (χ1v) is 17.8. The van der Waals surface area contributed by atoms with Gasteiger partial charge in [0, 0.05) is 48.8 Å². The highest BCUT2D eigenvalue weighted by Gasteiger charge is 2.78. The molecule has 5 rings (SSSR count). The van der Waals surface area contributed by atoms with Crippen LogP contribution in [0.2, 0.25) is 0 Å². The van der Waals surface area contributed by atoms with E-state index in [0.717, 1.165) is 36.4 Å². The summed E-state index contributed by atoms with van der Waals surface area (Å²) in [6, 6.07) is 16.4. The number of thioether (sulfide) groups is 1. The van der Waals surface area contributed by atoms with Crippen molar-refractivity contribution in [2.24, 2.45) is 11.8 Å². The Hall–Kier alpha value is -3.56. The molecule has 0 aromatic heterocycles. The van der Waals surface area contributed by atoms with E-state index >= 15 is 4.79 Å². The molecule has 2 unspecified atom stereocenters. The summed E-state index contributed by atoms with van der Waals surface area (Å²) in [7, 11) is 0. The molecule has 0 aliphatic carbocycles. The summed E-state index contributed by atoms with van der Waals surface area (Å²) < 4.78 is -1.30. The second kappa shape index (κ2) is 14.3. The molecule has 2 aromatic rings. The number of amides is 3. The molecule has 3 amide bonds. The summed E-state index contributed by atoms with van der Waals surface area (Å²) in [6.07, 6.45) is 5.29. The number of benzene rings is 2. The molecule has 2 bridgehead atoms. The fourth-order valence-electron chi connectivity index (χ4n) is 8.25. The average molecular weight is 659 g/mol. The van der Waals surface area contributed by atoms with Crippen LogP contribution in [0.1, 0.15) is 52.5 Å². The van der Waals surface area contributed by atoms with Crippen LogP contribution < -0.4 is 9.80 Å². The first-order valence-electron chi connectivity index (χ1n) is 17.0. The van der Waals surface area contributed by atoms with E-state index in [2.05, 4.69) is 38.8 Å². The highest BCUT2D eigenvalue weighted by Crippen LogP contribution is 2.72. The van der Waals surface area contributed by atoms with Crippen LogP contribution in [0.5, 0.6) is 0 Å². The molecule has 9 heteroatoms. The summed E-state index contributed by atoms with van der Waals surface area (Å²) in [5.74, 6) is -1.75. The summed E-state index contributed by atoms with van der Waals surface area (Å²) in [4.78, 5) is 51.8. The number of hydrogen-bond acceptors (Lipinski definition) is 6. The number of anilines is 2. The number of nitrogens with zero attached hydrogens (tertiary/aromatic N) is 4. The lowest BCUT2D eigenvalue weighted by Gasteiger charge is -2.39. The second-order valence-electron chi connectivity index (χ2n) is 13.1. The van der Waals surface area contributed by atoms with Crippen molar-refractivity contribution in [2.45, 2.75) is 75.1 Å². The molecule has 3 aliphatic heterocycles. The summed E-state index contributed by atoms with van der Waals surface area (Å²) in [6.45, 7) is 18.6. The van der Waals surface area contributed by atoms with E-state index < -0.39 is 33.4 Å². The minimum atomic E-state index is -0.828. The number of aliphatic hydroxyl groups is 1. The molecule has 3 saturated heterocycles. The van der Waals surface area contributed by atoms with E-state index in [1.165, 1.54) is 0 Å². The largest absolute Gasteiger partial charge is 0.394 e. The van der Waals surface area contributed by atoms with Gasteiger partial charge >= 0.3 is 0 Å². The number of carbonyl (C=O) groups excluding carboxylic acids is 3. The van der Waals surface area contributed by atoms with E-state index in [1.807, 2.05) is 61.5 Å². The Kier molecular flexibility index (Phi) is 10.6. The standard InChI is InChI=1S/C38H50N4O4S/c1-7-23-40(25-27-15-13-12-14-16-27)34(44)31-32-35(45)42(28(9-3)26-43)33(38(32)22-21-37(31,6)47-38)36(46)41(24-8-2)30-19-17-29(18-20-30)39(10-4)11-5/h7-8,12-20,28,31-33,43H,1-2,9-11,21-26H2,3-6H3/t28-,31+,32-,33?,37-,38?/m0/s1. The van der Waals surface area contributed by atoms with Crippen LogP contribution >= 0.6 is 11.8 Å². The zero-order valence-electron chi connectivity index (χ0n) is 28.3. The predicted molar refractivity (Wildman–Crippen MR) is 191 cm³/mol. The minimum absolute atomic E-state index is 0.0799. The zero-order valence-corrected chi connectivity index (χ0v) is 29.1. The van der Waals surface area contributed by atoms with Crippen LogP contribution in [-0.2, 0) is 20.9 Å². The van der Waals surface area contributed by atoms with Crippen molar-refractivity contribution in [3.05, 3.63) is 85.5 Å². The van der Waals surface area contributed by atoms with Crippen molar-refractivity contribution < 1.29 is 19.5 Å². The summed E-state index contributed by atoms with van der Waals surface area (Å²) in [5, 5.41) is 10.5. The molecule has 252 valence electrons. The Labute approximate surface area is 284 Å². The number of carbonyl (C=O) groups is 3. The van der Waals surface area contributed by atoms with Crippen molar-refractivity contribution in [3.8, 4) is 0 Å². The Morgan fingerprint density at radius 1 is 0.979 bits per heavy atom. The maximum Gasteiger partial charge on any atom is 0.251 e. The highest BCUT2D eigenvalue weighted by atomic mass is 32.2. The topological polar surface area (TPSA) is 84.4 Å². The lowest BCUT2D eigenvalue weighted by Crippen LogP contribution is -2.57. The van der Waals surface area contributed by atoms with Crippen LogP contribution in [-0.4, -0.2) is 87.0 Å². The molecule has 1 N–H and O–H groups in total. The smallest absolute Gasteiger partial charge is 0.251 e. The quantitative estimate of drug-likeness (QED) is 0.254. The lowest BCUT2D eigenvalue weighted by atomic mass is 9.66. The molecule has 0 saturated carbocycles. The van der Waals surface area contributed by atoms with Gasteiger partial charge in [-0.3, -0.25) is 14.4 Å². The van der Waals surface area contributed by atoms with E-state index in [9.17, 15) is 14.7 Å². The number of rotatable bonds is 15. The van der Waals surface area contributed by atoms with Crippen molar-refractivity contribution in [3.63, 3.8) is 0 Å². The zero-order chi connectivity index (χ0) is 33.9. The number of likely N-dealkylation sites (tertiary alicyclic amines) is 1. The van der Waals surface area contributed by atoms with E-state index in [-0.39, 0.29) is 30.9 Å². The Morgan fingerprint density at radius 3 is 2.19 bits per heavy atom. The molecule has 1 spiro atoms. The molecular formula is C38H50N4O4S. The molecule has 3 heterocycles. The number of hydrogen-bond donors (Lipinski definition) is 1. The molecule has 3 fully saturated rings. The van der Waals surface area contributed by atoms with Crippen LogP contribution in [0.15, 0.2) is 79.9 Å². The molecule has 2 aromatic carbocycles. The van der Waals surface area contributed by atoms with Gasteiger partial charge in [0.1, 0.15) is 6.04 Å². The number of fused-ring (bicyclic) bond motifs is 1. The fourth-order valence-corrected chi connectivity index (χ4v) is 10.6. The van der Waals surface area contributed by atoms with Gasteiger partial charge in [0.05, 0.1) is 29.2 Å². The third-order valence-electron chi connectivity index (χ3n) is 10.5.